The van der Waals surface area contributed by atoms with Crippen LogP contribution in [0.1, 0.15) is 56.1 Å². The number of aromatic nitrogens is 5. The van der Waals surface area contributed by atoms with E-state index >= 15 is 0 Å². The minimum absolute atomic E-state index is 0.00824. The Labute approximate surface area is 279 Å². The first-order chi connectivity index (χ1) is 23.4. The van der Waals surface area contributed by atoms with Crippen LogP contribution in [0.2, 0.25) is 0 Å². The van der Waals surface area contributed by atoms with Crippen molar-refractivity contribution >= 4 is 29.5 Å². The summed E-state index contributed by atoms with van der Waals surface area (Å²) in [4.78, 5) is 44.5. The second-order valence-electron chi connectivity index (χ2n) is 12.8. The number of benzene rings is 1. The summed E-state index contributed by atoms with van der Waals surface area (Å²) in [5.41, 5.74) is 2.63. The van der Waals surface area contributed by atoms with Crippen LogP contribution in [0.15, 0.2) is 67.3 Å². The molecule has 2 saturated heterocycles. The monoisotopic (exact) mass is 645 g/mol. The molecule has 13 nitrogen and oxygen atoms in total. The van der Waals surface area contributed by atoms with Crippen molar-refractivity contribution in [3.63, 3.8) is 0 Å². The summed E-state index contributed by atoms with van der Waals surface area (Å²) in [6.07, 6.45) is 12.5. The summed E-state index contributed by atoms with van der Waals surface area (Å²) in [5, 5.41) is 23.7. The molecule has 1 spiro atoms. The molecule has 3 aliphatic rings. The van der Waals surface area contributed by atoms with Crippen LogP contribution in [0.25, 0.3) is 11.1 Å². The largest absolute Gasteiger partial charge is 0.354 e. The molecule has 2 aliphatic heterocycles. The zero-order valence-electron chi connectivity index (χ0n) is 27.0. The number of nitriles is 1. The van der Waals surface area contributed by atoms with Gasteiger partial charge >= 0.3 is 6.03 Å². The number of urea groups is 1. The number of pyridine rings is 1. The fraction of sp³-hybridized carbons (Fsp3) is 0.400. The molecule has 3 fully saturated rings. The molecule has 1 aliphatic carbocycles. The predicted octanol–water partition coefficient (Wildman–Crippen LogP) is 4.14. The topological polar surface area (TPSA) is 157 Å². The van der Waals surface area contributed by atoms with E-state index in [9.17, 15) is 14.9 Å². The van der Waals surface area contributed by atoms with E-state index in [0.717, 1.165) is 55.2 Å². The summed E-state index contributed by atoms with van der Waals surface area (Å²) >= 11 is 0. The van der Waals surface area contributed by atoms with Gasteiger partial charge in [0, 0.05) is 62.3 Å². The van der Waals surface area contributed by atoms with Gasteiger partial charge in [-0.15, -0.1) is 0 Å². The molecule has 3 aromatic heterocycles. The van der Waals surface area contributed by atoms with E-state index < -0.39 is 5.54 Å². The minimum Gasteiger partial charge on any atom is -0.354 e. The third kappa shape index (κ3) is 6.13. The van der Waals surface area contributed by atoms with Gasteiger partial charge in [-0.3, -0.25) is 14.4 Å². The van der Waals surface area contributed by atoms with Gasteiger partial charge in [0.05, 0.1) is 12.4 Å². The number of carbonyl (C=O) groups is 2. The summed E-state index contributed by atoms with van der Waals surface area (Å²) in [6.45, 7) is 1.71. The van der Waals surface area contributed by atoms with Gasteiger partial charge in [0.1, 0.15) is 23.0 Å². The number of amides is 3. The van der Waals surface area contributed by atoms with E-state index in [0.29, 0.717) is 49.2 Å². The number of aryl methyl sites for hydroxylation is 1. The average molecular weight is 646 g/mol. The van der Waals surface area contributed by atoms with Gasteiger partial charge in [-0.2, -0.15) is 15.3 Å². The Morgan fingerprint density at radius 2 is 1.90 bits per heavy atom. The van der Waals surface area contributed by atoms with E-state index in [1.54, 1.807) is 28.2 Å². The lowest BCUT2D eigenvalue weighted by Crippen LogP contribution is -2.50. The van der Waals surface area contributed by atoms with Crippen LogP contribution < -0.4 is 25.8 Å². The molecule has 3 amide bonds. The van der Waals surface area contributed by atoms with Crippen molar-refractivity contribution in [3.8, 4) is 17.2 Å². The van der Waals surface area contributed by atoms with Crippen molar-refractivity contribution in [2.24, 2.45) is 7.05 Å². The fourth-order valence-corrected chi connectivity index (χ4v) is 7.32. The van der Waals surface area contributed by atoms with Crippen LogP contribution in [0.3, 0.4) is 0 Å². The summed E-state index contributed by atoms with van der Waals surface area (Å²) < 4.78 is 1.75. The molecule has 7 rings (SSSR count). The maximum atomic E-state index is 13.8. The Hall–Kier alpha value is -5.51. The Kier molecular flexibility index (Phi) is 8.63. The van der Waals surface area contributed by atoms with E-state index in [-0.39, 0.29) is 24.0 Å². The number of hydrogen-bond donors (Lipinski definition) is 3. The molecule has 3 N–H and O–H groups in total. The first-order valence-corrected chi connectivity index (χ1v) is 16.6. The molecule has 4 aromatic rings. The molecule has 1 unspecified atom stereocenters. The second kappa shape index (κ2) is 13.3. The third-order valence-electron chi connectivity index (χ3n) is 9.81. The first kappa shape index (κ1) is 31.1. The van der Waals surface area contributed by atoms with Gasteiger partial charge in [0.2, 0.25) is 11.9 Å². The zero-order chi connectivity index (χ0) is 33.1. The smallest absolute Gasteiger partial charge is 0.323 e. The van der Waals surface area contributed by atoms with Crippen LogP contribution in [-0.2, 0) is 18.4 Å². The quantitative estimate of drug-likeness (QED) is 0.256. The first-order valence-electron chi connectivity index (χ1n) is 16.6. The van der Waals surface area contributed by atoms with Crippen molar-refractivity contribution in [3.05, 3.63) is 78.4 Å². The maximum Gasteiger partial charge on any atom is 0.323 e. The normalized spacial score (nSPS) is 21.9. The highest BCUT2D eigenvalue weighted by Crippen LogP contribution is 2.40. The van der Waals surface area contributed by atoms with E-state index in [4.69, 9.17) is 9.97 Å². The maximum absolute atomic E-state index is 13.8. The van der Waals surface area contributed by atoms with Gasteiger partial charge < -0.3 is 20.9 Å². The Morgan fingerprint density at radius 3 is 2.58 bits per heavy atom. The Balaban J connectivity index is 1.06. The van der Waals surface area contributed by atoms with E-state index in [2.05, 4.69) is 32.1 Å². The lowest BCUT2D eigenvalue weighted by atomic mass is 9.90. The lowest BCUT2D eigenvalue weighted by molar-refractivity contribution is -0.123. The number of nitrogens with zero attached hydrogens (tertiary/aromatic N) is 8. The van der Waals surface area contributed by atoms with Crippen LogP contribution >= 0.6 is 0 Å². The van der Waals surface area contributed by atoms with Crippen LogP contribution in [0, 0.1) is 11.3 Å². The summed E-state index contributed by atoms with van der Waals surface area (Å²) in [5.74, 6) is 1.56. The van der Waals surface area contributed by atoms with Crippen LogP contribution in [0.4, 0.5) is 22.4 Å². The molecule has 48 heavy (non-hydrogen) atoms. The zero-order valence-corrected chi connectivity index (χ0v) is 27.0. The molecular weight excluding hydrogens is 606 g/mol. The lowest BCUT2D eigenvalue weighted by Gasteiger charge is -2.37. The Bertz CT molecular complexity index is 1810. The molecule has 1 saturated carbocycles. The van der Waals surface area contributed by atoms with Gasteiger partial charge in [0.25, 0.3) is 0 Å². The highest BCUT2D eigenvalue weighted by atomic mass is 16.2. The predicted molar refractivity (Wildman–Crippen MR) is 181 cm³/mol. The van der Waals surface area contributed by atoms with Crippen molar-refractivity contribution in [1.82, 2.24) is 35.4 Å². The number of anilines is 3. The van der Waals surface area contributed by atoms with Crippen molar-refractivity contribution in [2.75, 3.05) is 28.2 Å². The van der Waals surface area contributed by atoms with Gasteiger partial charge in [0.15, 0.2) is 5.82 Å². The Morgan fingerprint density at radius 1 is 1.06 bits per heavy atom. The minimum atomic E-state index is -0.649. The number of nitrogens with one attached hydrogen (secondary N) is 3. The third-order valence-corrected chi connectivity index (χ3v) is 9.81. The van der Waals surface area contributed by atoms with Crippen molar-refractivity contribution in [2.45, 2.75) is 69.1 Å². The molecule has 0 radical (unpaired) electrons. The highest BCUT2D eigenvalue weighted by Gasteiger charge is 2.51. The molecule has 1 atom stereocenters. The standard InChI is InChI=1S/C35H39N11O2/c1-44-23-27(22-41-44)25-8-13-30(38-20-25)46(34(48)40-19-24-6-3-2-4-7-24)29-11-9-28(10-12-29)42-33-39-21-26(18-36)31(43-33)45-17-5-14-35(45)15-16-37-32(35)47/h2-4,6-8,13,20-23,28-29H,5,9-12,14-17,19H2,1H3,(H,37,47)(H,40,48)(H,39,42,43). The SMILES string of the molecule is Cn1cc(-c2ccc(N(C(=O)NCc3ccccc3)C3CCC(Nc4ncc(C#N)c(N5CCCC56CCNC6=O)n4)CC3)nc2)cn1. The second-order valence-corrected chi connectivity index (χ2v) is 12.8. The molecule has 246 valence electrons. The summed E-state index contributed by atoms with van der Waals surface area (Å²) in [6, 6.07) is 15.8. The van der Waals surface area contributed by atoms with Crippen molar-refractivity contribution in [1.29, 1.82) is 5.26 Å². The molecule has 13 heteroatoms. The molecule has 0 bridgehead atoms. The highest BCUT2D eigenvalue weighted by molar-refractivity contribution is 5.93. The van der Waals surface area contributed by atoms with Crippen LogP contribution in [-0.4, -0.2) is 67.4 Å². The molecule has 5 heterocycles. The summed E-state index contributed by atoms with van der Waals surface area (Å²) in [7, 11) is 1.88. The van der Waals surface area contributed by atoms with E-state index in [1.807, 2.05) is 60.6 Å². The average Bonchev–Trinajstić information content (AvgIpc) is 3.85. The number of hydrogen-bond acceptors (Lipinski definition) is 9. The van der Waals surface area contributed by atoms with Gasteiger partial charge in [-0.05, 0) is 62.6 Å². The number of rotatable bonds is 8. The molecular formula is C35H39N11O2. The molecule has 1 aromatic carbocycles. The van der Waals surface area contributed by atoms with Gasteiger partial charge in [-0.1, -0.05) is 30.3 Å². The number of carbonyl (C=O) groups excluding carboxylic acids is 2. The van der Waals surface area contributed by atoms with E-state index in [1.165, 1.54) is 0 Å². The fourth-order valence-electron chi connectivity index (χ4n) is 7.32. The van der Waals surface area contributed by atoms with Crippen molar-refractivity contribution < 1.29 is 9.59 Å². The van der Waals surface area contributed by atoms with Gasteiger partial charge in [-0.25, -0.2) is 14.8 Å². The van der Waals surface area contributed by atoms with Crippen LogP contribution in [0.5, 0.6) is 0 Å².